The molecule has 0 fully saturated rings. The van der Waals surface area contributed by atoms with Gasteiger partial charge >= 0.3 is 0 Å². The molecule has 1 aromatic heterocycles. The fourth-order valence-corrected chi connectivity index (χ4v) is 3.47. The molecule has 7 nitrogen and oxygen atoms in total. The molecule has 0 radical (unpaired) electrons. The Labute approximate surface area is 167 Å². The zero-order valence-corrected chi connectivity index (χ0v) is 16.4. The summed E-state index contributed by atoms with van der Waals surface area (Å²) < 4.78 is 13.5. The molecule has 146 valence electrons. The number of H-pyrrole nitrogens is 1. The number of hydrogen-bond acceptors (Lipinski definition) is 6. The van der Waals surface area contributed by atoms with Gasteiger partial charge in [0.05, 0.1) is 12.1 Å². The maximum Gasteiger partial charge on any atom is 0.195 e. The molecule has 28 heavy (non-hydrogen) atoms. The monoisotopic (exact) mass is 399 g/mol. The number of ether oxygens (including phenoxy) is 2. The van der Waals surface area contributed by atoms with Crippen molar-refractivity contribution in [1.29, 1.82) is 0 Å². The number of nitrogens with one attached hydrogen (secondary N) is 1. The highest BCUT2D eigenvalue weighted by Crippen LogP contribution is 2.37. The molecule has 0 unspecified atom stereocenters. The van der Waals surface area contributed by atoms with E-state index >= 15 is 0 Å². The predicted octanol–water partition coefficient (Wildman–Crippen LogP) is 3.96. The van der Waals surface area contributed by atoms with Crippen molar-refractivity contribution in [2.24, 2.45) is 0 Å². The molecule has 1 aliphatic heterocycles. The molecule has 4 rings (SSSR count). The van der Waals surface area contributed by atoms with Crippen LogP contribution in [0.1, 0.15) is 30.9 Å². The molecule has 0 bridgehead atoms. The van der Waals surface area contributed by atoms with E-state index in [0.717, 1.165) is 16.9 Å². The van der Waals surface area contributed by atoms with E-state index in [1.165, 1.54) is 6.07 Å². The van der Waals surface area contributed by atoms with Gasteiger partial charge in [-0.3, -0.25) is 9.67 Å². The molecule has 2 heterocycles. The molecule has 0 saturated carbocycles. The highest BCUT2D eigenvalue weighted by Gasteiger charge is 2.19. The minimum atomic E-state index is -0.0562. The Kier molecular flexibility index (Phi) is 4.72. The normalized spacial score (nSPS) is 13.1. The lowest BCUT2D eigenvalue weighted by Gasteiger charge is -2.19. The van der Waals surface area contributed by atoms with Crippen molar-refractivity contribution >= 4 is 12.2 Å². The lowest BCUT2D eigenvalue weighted by molar-refractivity contribution is 0.171. The van der Waals surface area contributed by atoms with Crippen LogP contribution in [0.3, 0.4) is 0 Å². The van der Waals surface area contributed by atoms with E-state index in [1.807, 2.05) is 32.0 Å². The summed E-state index contributed by atoms with van der Waals surface area (Å²) in [6, 6.07) is 8.84. The van der Waals surface area contributed by atoms with Gasteiger partial charge in [0.25, 0.3) is 0 Å². The summed E-state index contributed by atoms with van der Waals surface area (Å²) in [5, 5.41) is 27.6. The second-order valence-electron chi connectivity index (χ2n) is 7.00. The Morgan fingerprint density at radius 1 is 1.11 bits per heavy atom. The van der Waals surface area contributed by atoms with Crippen molar-refractivity contribution < 1.29 is 19.7 Å². The number of aromatic amines is 1. The number of phenols is 2. The fraction of sp³-hybridized carbons (Fsp3) is 0.300. The first-order chi connectivity index (χ1) is 13.4. The molecule has 1 aliphatic rings. The van der Waals surface area contributed by atoms with E-state index in [0.29, 0.717) is 41.7 Å². The maximum atomic E-state index is 10.4. The standard InChI is InChI=1S/C20H21N3O4S/c1-11(2)13-8-14(16(25)9-15(13)24)19-21-22-20(28)23(19)10-12-3-4-17-18(7-12)27-6-5-26-17/h3-4,7-9,11,24-25H,5-6,10H2,1-2H3,(H,22,28). The van der Waals surface area contributed by atoms with Crippen LogP contribution in [-0.2, 0) is 6.54 Å². The van der Waals surface area contributed by atoms with Crippen molar-refractivity contribution in [2.45, 2.75) is 26.3 Å². The quantitative estimate of drug-likeness (QED) is 0.575. The number of fused-ring (bicyclic) bond motifs is 1. The van der Waals surface area contributed by atoms with Crippen LogP contribution in [0.4, 0.5) is 0 Å². The van der Waals surface area contributed by atoms with E-state index in [1.54, 1.807) is 10.6 Å². The Balaban J connectivity index is 1.75. The smallest absolute Gasteiger partial charge is 0.195 e. The summed E-state index contributed by atoms with van der Waals surface area (Å²) in [7, 11) is 0. The number of aromatic hydroxyl groups is 2. The van der Waals surface area contributed by atoms with Gasteiger partial charge in [0.15, 0.2) is 22.1 Å². The van der Waals surface area contributed by atoms with E-state index in [9.17, 15) is 10.2 Å². The van der Waals surface area contributed by atoms with Crippen LogP contribution in [0, 0.1) is 4.77 Å². The molecular weight excluding hydrogens is 378 g/mol. The van der Waals surface area contributed by atoms with E-state index in [2.05, 4.69) is 10.2 Å². The minimum Gasteiger partial charge on any atom is -0.508 e. The first kappa shape index (κ1) is 18.4. The Morgan fingerprint density at radius 2 is 1.86 bits per heavy atom. The van der Waals surface area contributed by atoms with Crippen molar-refractivity contribution in [3.05, 3.63) is 46.2 Å². The number of hydrogen-bond donors (Lipinski definition) is 3. The molecule has 3 aromatic rings. The molecule has 0 saturated heterocycles. The largest absolute Gasteiger partial charge is 0.508 e. The van der Waals surface area contributed by atoms with Crippen LogP contribution in [0.15, 0.2) is 30.3 Å². The third-order valence-corrected chi connectivity index (χ3v) is 5.03. The highest BCUT2D eigenvalue weighted by molar-refractivity contribution is 7.71. The van der Waals surface area contributed by atoms with Crippen molar-refractivity contribution in [1.82, 2.24) is 14.8 Å². The zero-order valence-electron chi connectivity index (χ0n) is 15.6. The Hall–Kier alpha value is -3.00. The number of phenolic OH excluding ortho intramolecular Hbond substituents is 2. The van der Waals surface area contributed by atoms with Crippen LogP contribution < -0.4 is 9.47 Å². The second-order valence-corrected chi connectivity index (χ2v) is 7.39. The summed E-state index contributed by atoms with van der Waals surface area (Å²) >= 11 is 5.40. The molecule has 0 spiro atoms. The zero-order chi connectivity index (χ0) is 19.8. The minimum absolute atomic E-state index is 0.0562. The van der Waals surface area contributed by atoms with Gasteiger partial charge in [0, 0.05) is 6.07 Å². The lowest BCUT2D eigenvalue weighted by atomic mass is 9.98. The van der Waals surface area contributed by atoms with Gasteiger partial charge in [-0.2, -0.15) is 5.10 Å². The van der Waals surface area contributed by atoms with Crippen molar-refractivity contribution in [2.75, 3.05) is 13.2 Å². The number of benzene rings is 2. The summed E-state index contributed by atoms with van der Waals surface area (Å²) in [5.74, 6) is 2.02. The Morgan fingerprint density at radius 3 is 2.61 bits per heavy atom. The maximum absolute atomic E-state index is 10.4. The third-order valence-electron chi connectivity index (χ3n) is 4.71. The third kappa shape index (κ3) is 3.31. The molecule has 8 heteroatoms. The van der Waals surface area contributed by atoms with Crippen LogP contribution in [0.2, 0.25) is 0 Å². The molecule has 3 N–H and O–H groups in total. The van der Waals surface area contributed by atoms with Gasteiger partial charge in [-0.1, -0.05) is 19.9 Å². The van der Waals surface area contributed by atoms with Gasteiger partial charge in [0.2, 0.25) is 0 Å². The molecule has 2 aromatic carbocycles. The summed E-state index contributed by atoms with van der Waals surface area (Å²) in [4.78, 5) is 0. The van der Waals surface area contributed by atoms with Gasteiger partial charge in [-0.25, -0.2) is 0 Å². The summed E-state index contributed by atoms with van der Waals surface area (Å²) in [6.45, 7) is 5.46. The summed E-state index contributed by atoms with van der Waals surface area (Å²) in [5.41, 5.74) is 2.20. The van der Waals surface area contributed by atoms with E-state index < -0.39 is 0 Å². The van der Waals surface area contributed by atoms with Crippen molar-refractivity contribution in [3.63, 3.8) is 0 Å². The van der Waals surface area contributed by atoms with Gasteiger partial charge in [-0.05, 0) is 47.5 Å². The topological polar surface area (TPSA) is 92.5 Å². The molecule has 0 amide bonds. The molecule has 0 aliphatic carbocycles. The van der Waals surface area contributed by atoms with Crippen LogP contribution in [0.5, 0.6) is 23.0 Å². The summed E-state index contributed by atoms with van der Waals surface area (Å²) in [6.07, 6.45) is 0. The van der Waals surface area contributed by atoms with E-state index in [4.69, 9.17) is 21.7 Å². The van der Waals surface area contributed by atoms with Gasteiger partial charge < -0.3 is 19.7 Å². The molecule has 0 atom stereocenters. The van der Waals surface area contributed by atoms with Gasteiger partial charge in [-0.15, -0.1) is 0 Å². The average Bonchev–Trinajstić information content (AvgIpc) is 3.02. The average molecular weight is 399 g/mol. The number of aromatic nitrogens is 3. The first-order valence-corrected chi connectivity index (χ1v) is 9.45. The van der Waals surface area contributed by atoms with Crippen molar-refractivity contribution in [3.8, 4) is 34.4 Å². The predicted molar refractivity (Wildman–Crippen MR) is 107 cm³/mol. The highest BCUT2D eigenvalue weighted by atomic mass is 32.1. The fourth-order valence-electron chi connectivity index (χ4n) is 3.27. The molecular formula is C20H21N3O4S. The van der Waals surface area contributed by atoms with Crippen LogP contribution >= 0.6 is 12.2 Å². The number of rotatable bonds is 4. The second kappa shape index (κ2) is 7.20. The van der Waals surface area contributed by atoms with Gasteiger partial charge in [0.1, 0.15) is 24.7 Å². The number of nitrogens with zero attached hydrogens (tertiary/aromatic N) is 2. The van der Waals surface area contributed by atoms with E-state index in [-0.39, 0.29) is 17.4 Å². The first-order valence-electron chi connectivity index (χ1n) is 9.04. The van der Waals surface area contributed by atoms with Crippen LogP contribution in [0.25, 0.3) is 11.4 Å². The SMILES string of the molecule is CC(C)c1cc(-c2n[nH]c(=S)n2Cc2ccc3c(c2)OCCO3)c(O)cc1O. The Bertz CT molecular complexity index is 1090. The van der Waals surface area contributed by atoms with Crippen LogP contribution in [-0.4, -0.2) is 38.2 Å². The lowest BCUT2D eigenvalue weighted by Crippen LogP contribution is -2.15.